The van der Waals surface area contributed by atoms with E-state index in [-0.39, 0.29) is 6.04 Å². The highest BCUT2D eigenvalue weighted by Crippen LogP contribution is 2.16. The quantitative estimate of drug-likeness (QED) is 0.597. The lowest BCUT2D eigenvalue weighted by Gasteiger charge is -2.13. The van der Waals surface area contributed by atoms with Crippen molar-refractivity contribution in [1.29, 1.82) is 0 Å². The first kappa shape index (κ1) is 16.8. The van der Waals surface area contributed by atoms with Crippen LogP contribution in [0.1, 0.15) is 52.4 Å². The summed E-state index contributed by atoms with van der Waals surface area (Å²) in [6, 6.07) is 8.39. The van der Waals surface area contributed by atoms with Crippen LogP contribution in [0.2, 0.25) is 0 Å². The van der Waals surface area contributed by atoms with Gasteiger partial charge in [0.05, 0.1) is 6.61 Å². The smallest absolute Gasteiger partial charge is 0.119 e. The molecule has 3 N–H and O–H groups in total. The first-order valence-electron chi connectivity index (χ1n) is 7.98. The van der Waals surface area contributed by atoms with Crippen molar-refractivity contribution in [2.75, 3.05) is 18.5 Å². The van der Waals surface area contributed by atoms with E-state index in [4.69, 9.17) is 10.5 Å². The van der Waals surface area contributed by atoms with Crippen LogP contribution in [0.3, 0.4) is 0 Å². The highest BCUT2D eigenvalue weighted by atomic mass is 16.5. The number of hydrogen-bond donors (Lipinski definition) is 2. The van der Waals surface area contributed by atoms with Crippen LogP contribution >= 0.6 is 0 Å². The fourth-order valence-corrected chi connectivity index (χ4v) is 2.03. The van der Waals surface area contributed by atoms with E-state index in [1.54, 1.807) is 0 Å². The van der Waals surface area contributed by atoms with Gasteiger partial charge in [-0.2, -0.15) is 0 Å². The fraction of sp³-hybridized carbons (Fsp3) is 0.647. The van der Waals surface area contributed by atoms with Gasteiger partial charge in [0.1, 0.15) is 5.75 Å². The number of nitrogens with two attached hydrogens (primary N) is 1. The molecule has 0 aliphatic rings. The van der Waals surface area contributed by atoms with E-state index in [0.717, 1.165) is 37.4 Å². The van der Waals surface area contributed by atoms with Crippen molar-refractivity contribution in [2.24, 2.45) is 5.73 Å². The maximum absolute atomic E-state index is 6.04. The molecule has 0 fully saturated rings. The van der Waals surface area contributed by atoms with Crippen LogP contribution in [0, 0.1) is 0 Å². The van der Waals surface area contributed by atoms with E-state index in [1.807, 2.05) is 12.1 Å². The van der Waals surface area contributed by atoms with Gasteiger partial charge in [-0.05, 0) is 37.1 Å². The van der Waals surface area contributed by atoms with Gasteiger partial charge in [-0.3, -0.25) is 0 Å². The third-order valence-electron chi connectivity index (χ3n) is 3.37. The van der Waals surface area contributed by atoms with Crippen molar-refractivity contribution in [3.8, 4) is 5.75 Å². The maximum Gasteiger partial charge on any atom is 0.119 e. The molecule has 1 rings (SSSR count). The number of benzene rings is 1. The minimum absolute atomic E-state index is 0.236. The minimum Gasteiger partial charge on any atom is -0.494 e. The van der Waals surface area contributed by atoms with E-state index in [9.17, 15) is 0 Å². The minimum atomic E-state index is 0.236. The SMILES string of the molecule is CCCCCOc1ccc(NCC(N)CCCC)cc1. The number of hydrogen-bond acceptors (Lipinski definition) is 3. The van der Waals surface area contributed by atoms with Gasteiger partial charge in [-0.25, -0.2) is 0 Å². The second-order valence-corrected chi connectivity index (χ2v) is 5.36. The van der Waals surface area contributed by atoms with E-state index in [2.05, 4.69) is 31.3 Å². The number of anilines is 1. The molecule has 1 unspecified atom stereocenters. The maximum atomic E-state index is 6.04. The van der Waals surface area contributed by atoms with Gasteiger partial charge >= 0.3 is 0 Å². The van der Waals surface area contributed by atoms with Crippen molar-refractivity contribution < 1.29 is 4.74 Å². The lowest BCUT2D eigenvalue weighted by molar-refractivity contribution is 0.306. The molecule has 0 aliphatic heterocycles. The highest BCUT2D eigenvalue weighted by Gasteiger charge is 2.01. The predicted molar refractivity (Wildman–Crippen MR) is 87.5 cm³/mol. The Morgan fingerprint density at radius 2 is 1.75 bits per heavy atom. The summed E-state index contributed by atoms with van der Waals surface area (Å²) in [5.41, 5.74) is 7.15. The molecule has 20 heavy (non-hydrogen) atoms. The molecule has 3 nitrogen and oxygen atoms in total. The fourth-order valence-electron chi connectivity index (χ4n) is 2.03. The Morgan fingerprint density at radius 3 is 2.40 bits per heavy atom. The van der Waals surface area contributed by atoms with Gasteiger partial charge in [-0.1, -0.05) is 39.5 Å². The molecular weight excluding hydrogens is 248 g/mol. The Bertz CT molecular complexity index is 337. The highest BCUT2D eigenvalue weighted by molar-refractivity contribution is 5.46. The van der Waals surface area contributed by atoms with Crippen LogP contribution in [-0.4, -0.2) is 19.2 Å². The van der Waals surface area contributed by atoms with E-state index >= 15 is 0 Å². The normalized spacial score (nSPS) is 12.2. The summed E-state index contributed by atoms with van der Waals surface area (Å²) < 4.78 is 5.69. The summed E-state index contributed by atoms with van der Waals surface area (Å²) in [5.74, 6) is 0.946. The Labute approximate surface area is 123 Å². The number of ether oxygens (including phenoxy) is 1. The molecule has 0 bridgehead atoms. The van der Waals surface area contributed by atoms with Crippen LogP contribution in [0.4, 0.5) is 5.69 Å². The van der Waals surface area contributed by atoms with Crippen LogP contribution in [0.25, 0.3) is 0 Å². The summed E-state index contributed by atoms with van der Waals surface area (Å²) in [7, 11) is 0. The van der Waals surface area contributed by atoms with Crippen LogP contribution < -0.4 is 15.8 Å². The summed E-state index contributed by atoms with van der Waals surface area (Å²) in [5, 5.41) is 3.38. The number of nitrogens with one attached hydrogen (secondary N) is 1. The second kappa shape index (κ2) is 10.6. The van der Waals surface area contributed by atoms with Crippen molar-refractivity contribution in [3.05, 3.63) is 24.3 Å². The summed E-state index contributed by atoms with van der Waals surface area (Å²) in [6.07, 6.45) is 7.08. The molecule has 0 saturated heterocycles. The van der Waals surface area contributed by atoms with E-state index in [0.29, 0.717) is 0 Å². The number of rotatable bonds is 11. The Hall–Kier alpha value is -1.22. The predicted octanol–water partition coefficient (Wildman–Crippen LogP) is 4.19. The summed E-state index contributed by atoms with van der Waals surface area (Å²) >= 11 is 0. The molecule has 114 valence electrons. The average molecular weight is 278 g/mol. The second-order valence-electron chi connectivity index (χ2n) is 5.36. The molecule has 0 heterocycles. The zero-order valence-corrected chi connectivity index (χ0v) is 13.0. The molecule has 1 aromatic rings. The standard InChI is InChI=1S/C17H30N2O/c1-3-5-7-13-20-17-11-9-16(10-12-17)19-14-15(18)8-6-4-2/h9-12,15,19H,3-8,13-14,18H2,1-2H3. The topological polar surface area (TPSA) is 47.3 Å². The van der Waals surface area contributed by atoms with Gasteiger partial charge < -0.3 is 15.8 Å². The monoisotopic (exact) mass is 278 g/mol. The molecule has 0 saturated carbocycles. The summed E-state index contributed by atoms with van der Waals surface area (Å²) in [4.78, 5) is 0. The van der Waals surface area contributed by atoms with Gasteiger partial charge in [0, 0.05) is 18.3 Å². The summed E-state index contributed by atoms with van der Waals surface area (Å²) in [6.45, 7) is 6.03. The Morgan fingerprint density at radius 1 is 1.05 bits per heavy atom. The molecule has 0 aromatic heterocycles. The van der Waals surface area contributed by atoms with E-state index in [1.165, 1.54) is 25.7 Å². The lowest BCUT2D eigenvalue weighted by Crippen LogP contribution is -2.28. The molecule has 0 amide bonds. The van der Waals surface area contributed by atoms with Crippen LogP contribution in [-0.2, 0) is 0 Å². The molecule has 1 atom stereocenters. The largest absolute Gasteiger partial charge is 0.494 e. The lowest BCUT2D eigenvalue weighted by atomic mass is 10.1. The first-order chi connectivity index (χ1) is 9.76. The van der Waals surface area contributed by atoms with Crippen molar-refractivity contribution in [3.63, 3.8) is 0 Å². The number of unbranched alkanes of at least 4 members (excludes halogenated alkanes) is 3. The first-order valence-corrected chi connectivity index (χ1v) is 7.98. The molecule has 0 radical (unpaired) electrons. The Kier molecular flexibility index (Phi) is 8.88. The molecule has 0 spiro atoms. The van der Waals surface area contributed by atoms with Crippen molar-refractivity contribution >= 4 is 5.69 Å². The Balaban J connectivity index is 2.24. The van der Waals surface area contributed by atoms with Crippen LogP contribution in [0.15, 0.2) is 24.3 Å². The molecule has 3 heteroatoms. The van der Waals surface area contributed by atoms with Crippen LogP contribution in [0.5, 0.6) is 5.75 Å². The van der Waals surface area contributed by atoms with E-state index < -0.39 is 0 Å². The van der Waals surface area contributed by atoms with Gasteiger partial charge in [-0.15, -0.1) is 0 Å². The van der Waals surface area contributed by atoms with Gasteiger partial charge in [0.15, 0.2) is 0 Å². The molecular formula is C17H30N2O. The van der Waals surface area contributed by atoms with Gasteiger partial charge in [0.2, 0.25) is 0 Å². The third kappa shape index (κ3) is 7.39. The van der Waals surface area contributed by atoms with Crippen molar-refractivity contribution in [2.45, 2.75) is 58.4 Å². The van der Waals surface area contributed by atoms with Gasteiger partial charge in [0.25, 0.3) is 0 Å². The average Bonchev–Trinajstić information content (AvgIpc) is 2.48. The zero-order valence-electron chi connectivity index (χ0n) is 13.0. The van der Waals surface area contributed by atoms with Crippen molar-refractivity contribution in [1.82, 2.24) is 0 Å². The third-order valence-corrected chi connectivity index (χ3v) is 3.37. The molecule has 0 aliphatic carbocycles. The molecule has 1 aromatic carbocycles. The zero-order chi connectivity index (χ0) is 14.6.